The van der Waals surface area contributed by atoms with Crippen LogP contribution in [0, 0.1) is 0 Å². The molecule has 0 fully saturated rings. The summed E-state index contributed by atoms with van der Waals surface area (Å²) in [4.78, 5) is 9.40. The lowest BCUT2D eigenvalue weighted by Gasteiger charge is -2.14. The summed E-state index contributed by atoms with van der Waals surface area (Å²) in [6.07, 6.45) is 3.25. The van der Waals surface area contributed by atoms with Crippen molar-refractivity contribution in [3.05, 3.63) is 90.9 Å². The summed E-state index contributed by atoms with van der Waals surface area (Å²) in [5.41, 5.74) is 3.75. The normalized spacial score (nSPS) is 11.0. The summed E-state index contributed by atoms with van der Waals surface area (Å²) in [7, 11) is 1.82. The Labute approximate surface area is 157 Å². The molecule has 0 atom stereocenters. The Hall–Kier alpha value is -3.73. The second kappa shape index (κ2) is 7.66. The molecule has 0 saturated heterocycles. The Bertz CT molecular complexity index is 971. The van der Waals surface area contributed by atoms with Gasteiger partial charge in [0.05, 0.1) is 23.9 Å². The quantitative estimate of drug-likeness (QED) is 0.379. The Morgan fingerprint density at radius 3 is 1.93 bits per heavy atom. The molecule has 2 aromatic heterocycles. The van der Waals surface area contributed by atoms with Gasteiger partial charge in [-0.25, -0.2) is 15.0 Å². The third-order valence-corrected chi connectivity index (χ3v) is 4.04. The first kappa shape index (κ1) is 16.7. The van der Waals surface area contributed by atoms with E-state index in [0.717, 1.165) is 22.5 Å². The first-order valence-corrected chi connectivity index (χ1v) is 8.61. The van der Waals surface area contributed by atoms with E-state index >= 15 is 0 Å². The Morgan fingerprint density at radius 1 is 0.815 bits per heavy atom. The van der Waals surface area contributed by atoms with Gasteiger partial charge in [-0.3, -0.25) is 0 Å². The summed E-state index contributed by atoms with van der Waals surface area (Å²) in [6.45, 7) is 0. The van der Waals surface area contributed by atoms with Gasteiger partial charge in [0.2, 0.25) is 5.95 Å². The highest BCUT2D eigenvalue weighted by Gasteiger charge is 2.11. The van der Waals surface area contributed by atoms with Gasteiger partial charge in [0.25, 0.3) is 0 Å². The van der Waals surface area contributed by atoms with Gasteiger partial charge in [0.15, 0.2) is 0 Å². The SMILES string of the molecule is CN(/N=C/c1ccco1)c1nc(-c2ccccc2)cc(-c2ccccc2)n1. The number of hydrogen-bond donors (Lipinski definition) is 0. The van der Waals surface area contributed by atoms with Gasteiger partial charge in [0, 0.05) is 18.2 Å². The first-order valence-electron chi connectivity index (χ1n) is 8.61. The second-order valence-electron chi connectivity index (χ2n) is 5.95. The zero-order chi connectivity index (χ0) is 18.5. The fourth-order valence-corrected chi connectivity index (χ4v) is 2.65. The van der Waals surface area contributed by atoms with Crippen LogP contribution in [0.2, 0.25) is 0 Å². The molecule has 0 amide bonds. The molecule has 4 rings (SSSR count). The van der Waals surface area contributed by atoms with E-state index in [1.165, 1.54) is 0 Å². The molecule has 0 unspecified atom stereocenters. The minimum Gasteiger partial charge on any atom is -0.463 e. The third kappa shape index (κ3) is 3.93. The Balaban J connectivity index is 1.76. The summed E-state index contributed by atoms with van der Waals surface area (Å²) in [5.74, 6) is 1.18. The molecule has 0 radical (unpaired) electrons. The van der Waals surface area contributed by atoms with Crippen LogP contribution in [0.3, 0.4) is 0 Å². The van der Waals surface area contributed by atoms with Crippen LogP contribution in [-0.2, 0) is 0 Å². The van der Waals surface area contributed by atoms with Crippen molar-refractivity contribution in [2.45, 2.75) is 0 Å². The first-order chi connectivity index (χ1) is 13.3. The summed E-state index contributed by atoms with van der Waals surface area (Å²) < 4.78 is 5.29. The van der Waals surface area contributed by atoms with Gasteiger partial charge in [0.1, 0.15) is 5.76 Å². The molecule has 5 heteroatoms. The lowest BCUT2D eigenvalue weighted by atomic mass is 10.1. The molecule has 2 heterocycles. The summed E-state index contributed by atoms with van der Waals surface area (Å²) >= 11 is 0. The maximum Gasteiger partial charge on any atom is 0.247 e. The van der Waals surface area contributed by atoms with E-state index < -0.39 is 0 Å². The minimum absolute atomic E-state index is 0.512. The summed E-state index contributed by atoms with van der Waals surface area (Å²) in [6, 6.07) is 25.8. The van der Waals surface area contributed by atoms with E-state index in [-0.39, 0.29) is 0 Å². The lowest BCUT2D eigenvalue weighted by Crippen LogP contribution is -2.13. The molecule has 2 aromatic carbocycles. The van der Waals surface area contributed by atoms with Crippen LogP contribution in [0.4, 0.5) is 5.95 Å². The van der Waals surface area contributed by atoms with Crippen molar-refractivity contribution in [1.82, 2.24) is 9.97 Å². The summed E-state index contributed by atoms with van der Waals surface area (Å²) in [5, 5.41) is 6.04. The molecule has 27 heavy (non-hydrogen) atoms. The lowest BCUT2D eigenvalue weighted by molar-refractivity contribution is 0.560. The van der Waals surface area contributed by atoms with Gasteiger partial charge in [-0.15, -0.1) is 0 Å². The van der Waals surface area contributed by atoms with E-state index in [9.17, 15) is 0 Å². The van der Waals surface area contributed by atoms with Crippen molar-refractivity contribution in [2.24, 2.45) is 5.10 Å². The molecule has 4 aromatic rings. The van der Waals surface area contributed by atoms with E-state index in [1.807, 2.05) is 85.9 Å². The van der Waals surface area contributed by atoms with Crippen LogP contribution < -0.4 is 5.01 Å². The fraction of sp³-hybridized carbons (Fsp3) is 0.0455. The van der Waals surface area contributed by atoms with Crippen LogP contribution in [-0.4, -0.2) is 23.2 Å². The molecule has 0 aliphatic heterocycles. The average Bonchev–Trinajstić information content (AvgIpc) is 3.27. The Kier molecular flexibility index (Phi) is 4.74. The van der Waals surface area contributed by atoms with Crippen molar-refractivity contribution in [1.29, 1.82) is 0 Å². The minimum atomic E-state index is 0.512. The highest BCUT2D eigenvalue weighted by molar-refractivity contribution is 5.76. The predicted molar refractivity (Wildman–Crippen MR) is 108 cm³/mol. The topological polar surface area (TPSA) is 54.5 Å². The van der Waals surface area contributed by atoms with Gasteiger partial charge >= 0.3 is 0 Å². The number of hydrogen-bond acceptors (Lipinski definition) is 5. The van der Waals surface area contributed by atoms with E-state index in [0.29, 0.717) is 11.7 Å². The molecule has 0 N–H and O–H groups in total. The van der Waals surface area contributed by atoms with Crippen LogP contribution in [0.1, 0.15) is 5.76 Å². The third-order valence-electron chi connectivity index (χ3n) is 4.04. The Morgan fingerprint density at radius 2 is 1.41 bits per heavy atom. The molecule has 0 spiro atoms. The van der Waals surface area contributed by atoms with Crippen LogP contribution in [0.25, 0.3) is 22.5 Å². The number of hydrazone groups is 1. The molecule has 5 nitrogen and oxygen atoms in total. The van der Waals surface area contributed by atoms with Gasteiger partial charge in [-0.05, 0) is 18.2 Å². The molecular weight excluding hydrogens is 336 g/mol. The zero-order valence-electron chi connectivity index (χ0n) is 14.9. The van der Waals surface area contributed by atoms with Crippen molar-refractivity contribution in [3.8, 4) is 22.5 Å². The van der Waals surface area contributed by atoms with Crippen molar-refractivity contribution < 1.29 is 4.42 Å². The fourth-order valence-electron chi connectivity index (χ4n) is 2.65. The number of benzene rings is 2. The molecule has 0 saturated carbocycles. The van der Waals surface area contributed by atoms with Crippen LogP contribution in [0.5, 0.6) is 0 Å². The predicted octanol–water partition coefficient (Wildman–Crippen LogP) is 4.87. The number of nitrogens with zero attached hydrogens (tertiary/aromatic N) is 4. The van der Waals surface area contributed by atoms with Gasteiger partial charge in [-0.1, -0.05) is 60.7 Å². The molecule has 0 aliphatic rings. The number of anilines is 1. The van der Waals surface area contributed by atoms with Crippen LogP contribution >= 0.6 is 0 Å². The van der Waals surface area contributed by atoms with E-state index in [2.05, 4.69) is 5.10 Å². The molecule has 0 aliphatic carbocycles. The van der Waals surface area contributed by atoms with Gasteiger partial charge < -0.3 is 4.42 Å². The van der Waals surface area contributed by atoms with Crippen molar-refractivity contribution in [2.75, 3.05) is 12.1 Å². The smallest absolute Gasteiger partial charge is 0.247 e. The maximum atomic E-state index is 5.29. The van der Waals surface area contributed by atoms with Gasteiger partial charge in [-0.2, -0.15) is 5.10 Å². The second-order valence-corrected chi connectivity index (χ2v) is 5.95. The maximum absolute atomic E-state index is 5.29. The highest BCUT2D eigenvalue weighted by Crippen LogP contribution is 2.26. The molecular formula is C22H18N4O. The molecule has 132 valence electrons. The van der Waals surface area contributed by atoms with Crippen LogP contribution in [0.15, 0.2) is 94.6 Å². The number of aromatic nitrogens is 2. The highest BCUT2D eigenvalue weighted by atomic mass is 16.3. The van der Waals surface area contributed by atoms with E-state index in [4.69, 9.17) is 14.4 Å². The monoisotopic (exact) mass is 354 g/mol. The standard InChI is InChI=1S/C22H18N4O/c1-26(23-16-19-13-8-14-27-19)22-24-20(17-9-4-2-5-10-17)15-21(25-22)18-11-6-3-7-12-18/h2-16H,1H3/b23-16+. The molecule has 0 bridgehead atoms. The largest absolute Gasteiger partial charge is 0.463 e. The number of furan rings is 1. The van der Waals surface area contributed by atoms with Crippen molar-refractivity contribution >= 4 is 12.2 Å². The number of rotatable bonds is 5. The zero-order valence-corrected chi connectivity index (χ0v) is 14.9. The van der Waals surface area contributed by atoms with Crippen molar-refractivity contribution in [3.63, 3.8) is 0 Å². The van der Waals surface area contributed by atoms with E-state index in [1.54, 1.807) is 17.5 Å². The average molecular weight is 354 g/mol.